The first-order chi connectivity index (χ1) is 8.77. The number of hydrogen-bond donors (Lipinski definition) is 1. The summed E-state index contributed by atoms with van der Waals surface area (Å²) in [4.78, 5) is 14.8. The predicted molar refractivity (Wildman–Crippen MR) is 68.4 cm³/mol. The third-order valence-corrected chi connectivity index (χ3v) is 4.44. The van der Waals surface area contributed by atoms with Gasteiger partial charge in [-0.2, -0.15) is 4.99 Å². The Hall–Kier alpha value is -1.60. The van der Waals surface area contributed by atoms with Gasteiger partial charge in [0.05, 0.1) is 0 Å². The molecular weight excluding hydrogens is 226 g/mol. The van der Waals surface area contributed by atoms with Crippen LogP contribution in [0.5, 0.6) is 5.75 Å². The summed E-state index contributed by atoms with van der Waals surface area (Å²) in [6.45, 7) is 0. The summed E-state index contributed by atoms with van der Waals surface area (Å²) >= 11 is 0. The highest BCUT2D eigenvalue weighted by Crippen LogP contribution is 2.47. The summed E-state index contributed by atoms with van der Waals surface area (Å²) in [6.07, 6.45) is 8.60. The van der Waals surface area contributed by atoms with Gasteiger partial charge in [0.15, 0.2) is 0 Å². The van der Waals surface area contributed by atoms with Crippen molar-refractivity contribution in [3.05, 3.63) is 28.8 Å². The Morgan fingerprint density at radius 2 is 1.94 bits per heavy atom. The van der Waals surface area contributed by atoms with E-state index in [2.05, 4.69) is 11.1 Å². The molecule has 1 aromatic rings. The second-order valence-electron chi connectivity index (χ2n) is 5.39. The van der Waals surface area contributed by atoms with E-state index in [4.69, 9.17) is 0 Å². The molecule has 1 saturated carbocycles. The van der Waals surface area contributed by atoms with Crippen LogP contribution in [-0.2, 0) is 23.2 Å². The average molecular weight is 243 g/mol. The van der Waals surface area contributed by atoms with E-state index < -0.39 is 5.54 Å². The van der Waals surface area contributed by atoms with Crippen LogP contribution >= 0.6 is 0 Å². The zero-order valence-electron chi connectivity index (χ0n) is 10.4. The number of nitrogens with zero attached hydrogens (tertiary/aromatic N) is 1. The van der Waals surface area contributed by atoms with E-state index in [0.717, 1.165) is 56.1 Å². The number of benzene rings is 1. The molecule has 0 bridgehead atoms. The maximum absolute atomic E-state index is 10.7. The van der Waals surface area contributed by atoms with Gasteiger partial charge in [0, 0.05) is 5.56 Å². The van der Waals surface area contributed by atoms with Gasteiger partial charge in [-0.25, -0.2) is 4.79 Å². The molecule has 3 nitrogen and oxygen atoms in total. The number of phenols is 1. The molecule has 0 spiro atoms. The molecule has 0 atom stereocenters. The number of aryl methyl sites for hydroxylation is 1. The average Bonchev–Trinajstić information content (AvgIpc) is 2.99. The molecule has 0 heterocycles. The second kappa shape index (κ2) is 4.25. The van der Waals surface area contributed by atoms with Gasteiger partial charge in [0.2, 0.25) is 6.08 Å². The maximum Gasteiger partial charge on any atom is 0.235 e. The highest BCUT2D eigenvalue weighted by Gasteiger charge is 2.38. The number of phenolic OH excluding ortho intramolecular Hbond substituents is 1. The molecule has 94 valence electrons. The molecule has 0 saturated heterocycles. The van der Waals surface area contributed by atoms with Crippen molar-refractivity contribution in [3.8, 4) is 5.75 Å². The smallest absolute Gasteiger partial charge is 0.235 e. The number of hydrogen-bond acceptors (Lipinski definition) is 3. The standard InChI is InChI=1S/C15H17NO2/c17-10-16-15(8-1-2-9-15)13-7-6-11-4-3-5-12(11)14(13)18/h6-7,18H,1-5,8-9H2. The molecule has 0 aliphatic heterocycles. The van der Waals surface area contributed by atoms with E-state index in [0.29, 0.717) is 5.75 Å². The van der Waals surface area contributed by atoms with Gasteiger partial charge in [0.25, 0.3) is 0 Å². The zero-order valence-corrected chi connectivity index (χ0v) is 10.4. The van der Waals surface area contributed by atoms with Crippen LogP contribution in [0.3, 0.4) is 0 Å². The van der Waals surface area contributed by atoms with Crippen molar-refractivity contribution in [3.63, 3.8) is 0 Å². The molecule has 1 N–H and O–H groups in total. The summed E-state index contributed by atoms with van der Waals surface area (Å²) < 4.78 is 0. The fourth-order valence-electron chi connectivity index (χ4n) is 3.51. The van der Waals surface area contributed by atoms with Crippen LogP contribution in [0.15, 0.2) is 17.1 Å². The summed E-state index contributed by atoms with van der Waals surface area (Å²) in [5.41, 5.74) is 2.65. The van der Waals surface area contributed by atoms with Crippen LogP contribution in [0.25, 0.3) is 0 Å². The van der Waals surface area contributed by atoms with Crippen LogP contribution in [0.4, 0.5) is 0 Å². The molecule has 0 radical (unpaired) electrons. The van der Waals surface area contributed by atoms with Crippen molar-refractivity contribution in [2.24, 2.45) is 4.99 Å². The van der Waals surface area contributed by atoms with Crippen LogP contribution in [0.1, 0.15) is 48.8 Å². The number of fused-ring (bicyclic) bond motifs is 1. The SMILES string of the molecule is O=C=NC1(c2ccc3c(c2O)CCC3)CCCC1. The Labute approximate surface area is 107 Å². The van der Waals surface area contributed by atoms with Crippen LogP contribution in [-0.4, -0.2) is 11.2 Å². The first-order valence-electron chi connectivity index (χ1n) is 6.70. The third-order valence-electron chi connectivity index (χ3n) is 4.44. The Kier molecular flexibility index (Phi) is 2.71. The Morgan fingerprint density at radius 3 is 2.67 bits per heavy atom. The van der Waals surface area contributed by atoms with E-state index in [9.17, 15) is 9.90 Å². The molecule has 0 amide bonds. The van der Waals surface area contributed by atoms with Crippen LogP contribution in [0.2, 0.25) is 0 Å². The van der Waals surface area contributed by atoms with Crippen molar-refractivity contribution in [2.45, 2.75) is 50.5 Å². The lowest BCUT2D eigenvalue weighted by atomic mass is 9.86. The van der Waals surface area contributed by atoms with E-state index in [-0.39, 0.29) is 0 Å². The van der Waals surface area contributed by atoms with E-state index >= 15 is 0 Å². The molecule has 3 rings (SSSR count). The highest BCUT2D eigenvalue weighted by atomic mass is 16.3. The number of isocyanates is 1. The van der Waals surface area contributed by atoms with Gasteiger partial charge in [-0.05, 0) is 43.2 Å². The molecule has 2 aliphatic rings. The largest absolute Gasteiger partial charge is 0.507 e. The van der Waals surface area contributed by atoms with Gasteiger partial charge in [-0.1, -0.05) is 25.0 Å². The lowest BCUT2D eigenvalue weighted by Gasteiger charge is -2.25. The minimum Gasteiger partial charge on any atom is -0.507 e. The minimum atomic E-state index is -0.510. The lowest BCUT2D eigenvalue weighted by molar-refractivity contribution is 0.405. The van der Waals surface area contributed by atoms with E-state index in [1.54, 1.807) is 6.08 Å². The zero-order chi connectivity index (χ0) is 12.6. The molecule has 0 unspecified atom stereocenters. The maximum atomic E-state index is 10.7. The van der Waals surface area contributed by atoms with Crippen molar-refractivity contribution >= 4 is 6.08 Å². The molecule has 18 heavy (non-hydrogen) atoms. The van der Waals surface area contributed by atoms with Crippen molar-refractivity contribution < 1.29 is 9.90 Å². The van der Waals surface area contributed by atoms with Crippen LogP contribution in [0, 0.1) is 0 Å². The van der Waals surface area contributed by atoms with Gasteiger partial charge in [-0.15, -0.1) is 0 Å². The molecule has 1 aromatic carbocycles. The molecule has 3 heteroatoms. The Morgan fingerprint density at radius 1 is 1.17 bits per heavy atom. The van der Waals surface area contributed by atoms with Crippen molar-refractivity contribution in [1.29, 1.82) is 0 Å². The number of aliphatic imine (C=N–C) groups is 1. The highest BCUT2D eigenvalue weighted by molar-refractivity contribution is 5.52. The normalized spacial score (nSPS) is 20.4. The molecule has 1 fully saturated rings. The first kappa shape index (κ1) is 11.5. The van der Waals surface area contributed by atoms with Gasteiger partial charge in [-0.3, -0.25) is 0 Å². The number of aromatic hydroxyl groups is 1. The lowest BCUT2D eigenvalue weighted by Crippen LogP contribution is -2.19. The van der Waals surface area contributed by atoms with Crippen LogP contribution < -0.4 is 0 Å². The van der Waals surface area contributed by atoms with Gasteiger partial charge in [0.1, 0.15) is 11.3 Å². The summed E-state index contributed by atoms with van der Waals surface area (Å²) in [5, 5.41) is 10.5. The molecule has 2 aliphatic carbocycles. The Bertz CT molecular complexity index is 524. The topological polar surface area (TPSA) is 49.7 Å². The fourth-order valence-corrected chi connectivity index (χ4v) is 3.51. The Balaban J connectivity index is 2.13. The van der Waals surface area contributed by atoms with E-state index in [1.165, 1.54) is 5.56 Å². The monoisotopic (exact) mass is 243 g/mol. The fraction of sp³-hybridized carbons (Fsp3) is 0.533. The summed E-state index contributed by atoms with van der Waals surface area (Å²) in [7, 11) is 0. The first-order valence-corrected chi connectivity index (χ1v) is 6.70. The molecule has 0 aromatic heterocycles. The number of rotatable bonds is 2. The van der Waals surface area contributed by atoms with Gasteiger partial charge < -0.3 is 5.11 Å². The minimum absolute atomic E-state index is 0.380. The summed E-state index contributed by atoms with van der Waals surface area (Å²) in [5.74, 6) is 0.380. The predicted octanol–water partition coefficient (Wildman–Crippen LogP) is 2.99. The van der Waals surface area contributed by atoms with E-state index in [1.807, 2.05) is 6.07 Å². The summed E-state index contributed by atoms with van der Waals surface area (Å²) in [6, 6.07) is 4.06. The third kappa shape index (κ3) is 1.58. The van der Waals surface area contributed by atoms with Crippen molar-refractivity contribution in [1.82, 2.24) is 0 Å². The number of carbonyl (C=O) groups excluding carboxylic acids is 1. The molecular formula is C15H17NO2. The van der Waals surface area contributed by atoms with Crippen molar-refractivity contribution in [2.75, 3.05) is 0 Å². The van der Waals surface area contributed by atoms with Gasteiger partial charge >= 0.3 is 0 Å². The quantitative estimate of drug-likeness (QED) is 0.641. The second-order valence-corrected chi connectivity index (χ2v) is 5.39.